The fraction of sp³-hybridized carbons (Fsp3) is 0.265. The number of aliphatic carboxylic acids is 1. The third kappa shape index (κ3) is 7.74. The highest BCUT2D eigenvalue weighted by Gasteiger charge is 2.26. The molecule has 1 aromatic heterocycles. The largest absolute Gasteiger partial charge is 0.481 e. The number of carboxylic acid groups (broad SMARTS) is 1. The van der Waals surface area contributed by atoms with E-state index in [0.29, 0.717) is 29.0 Å². The van der Waals surface area contributed by atoms with Crippen LogP contribution in [0.2, 0.25) is 5.02 Å². The van der Waals surface area contributed by atoms with Crippen LogP contribution >= 0.6 is 11.6 Å². The number of carbonyl (C=O) groups is 2. The van der Waals surface area contributed by atoms with Crippen molar-refractivity contribution < 1.29 is 14.7 Å². The van der Waals surface area contributed by atoms with Gasteiger partial charge in [0.05, 0.1) is 12.5 Å². The number of unbranched alkanes of at least 4 members (excludes halogenated alkanes) is 1. The molecule has 0 unspecified atom stereocenters. The van der Waals surface area contributed by atoms with Crippen LogP contribution in [0.1, 0.15) is 66.9 Å². The highest BCUT2D eigenvalue weighted by atomic mass is 35.5. The van der Waals surface area contributed by atoms with Gasteiger partial charge in [-0.05, 0) is 53.3 Å². The molecule has 1 amide bonds. The molecule has 0 bridgehead atoms. The first-order chi connectivity index (χ1) is 19.8. The van der Waals surface area contributed by atoms with Gasteiger partial charge in [-0.25, -0.2) is 0 Å². The maximum absolute atomic E-state index is 13.8. The zero-order chi connectivity index (χ0) is 29.4. The van der Waals surface area contributed by atoms with Crippen molar-refractivity contribution in [3.8, 4) is 11.1 Å². The Morgan fingerprint density at radius 2 is 1.59 bits per heavy atom. The Labute approximate surface area is 245 Å². The zero-order valence-corrected chi connectivity index (χ0v) is 24.1. The van der Waals surface area contributed by atoms with E-state index in [1.54, 1.807) is 12.3 Å². The number of hydrogen-bond acceptors (Lipinski definition) is 3. The molecule has 2 atom stereocenters. The summed E-state index contributed by atoms with van der Waals surface area (Å²) in [5, 5.41) is 13.2. The molecule has 0 saturated carbocycles. The van der Waals surface area contributed by atoms with Crippen LogP contribution in [0.5, 0.6) is 0 Å². The number of aryl methyl sites for hydroxylation is 1. The lowest BCUT2D eigenvalue weighted by Gasteiger charge is -2.25. The van der Waals surface area contributed by atoms with Gasteiger partial charge < -0.3 is 15.0 Å². The number of pyridine rings is 1. The second-order valence-electron chi connectivity index (χ2n) is 10.3. The molecule has 212 valence electrons. The first-order valence-electron chi connectivity index (χ1n) is 13.9. The molecule has 4 aromatic rings. The van der Waals surface area contributed by atoms with Gasteiger partial charge in [0.2, 0.25) is 5.91 Å². The molecule has 3 aromatic carbocycles. The molecule has 4 rings (SSSR count). The van der Waals surface area contributed by atoms with E-state index in [9.17, 15) is 19.5 Å². The maximum atomic E-state index is 13.8. The van der Waals surface area contributed by atoms with Gasteiger partial charge in [0, 0.05) is 23.2 Å². The summed E-state index contributed by atoms with van der Waals surface area (Å²) in [6, 6.07) is 25.1. The van der Waals surface area contributed by atoms with Crippen molar-refractivity contribution in [2.75, 3.05) is 0 Å². The minimum atomic E-state index is -1.03. The monoisotopic (exact) mass is 570 g/mol. The highest BCUT2D eigenvalue weighted by molar-refractivity contribution is 6.31. The number of amides is 1. The molecule has 7 heteroatoms. The molecule has 0 radical (unpaired) electrons. The van der Waals surface area contributed by atoms with Gasteiger partial charge in [-0.3, -0.25) is 14.4 Å². The van der Waals surface area contributed by atoms with Crippen molar-refractivity contribution >= 4 is 23.5 Å². The Bertz CT molecular complexity index is 1550. The minimum Gasteiger partial charge on any atom is -0.481 e. The van der Waals surface area contributed by atoms with Crippen LogP contribution in [-0.4, -0.2) is 21.6 Å². The van der Waals surface area contributed by atoms with E-state index < -0.39 is 18.1 Å². The average Bonchev–Trinajstić information content (AvgIpc) is 2.96. The third-order valence-corrected chi connectivity index (χ3v) is 7.55. The standard InChI is InChI=1S/C34H35ClN2O4/c1-3-4-14-31(37-22-23(2)19-28(34(37)41)20-27-12-8-9-13-29(27)35)33(40)36-30(21-32(38)39)26-17-15-25(16-18-26)24-10-6-5-7-11-24/h5-13,15-19,22,30-31H,3-4,14,20-21H2,1-2H3,(H,36,40)(H,38,39)/t30-,31+/m0/s1. The fourth-order valence-electron chi connectivity index (χ4n) is 5.05. The molecular weight excluding hydrogens is 536 g/mol. The van der Waals surface area contributed by atoms with Gasteiger partial charge in [-0.1, -0.05) is 104 Å². The van der Waals surface area contributed by atoms with Crippen LogP contribution < -0.4 is 10.9 Å². The average molecular weight is 571 g/mol. The van der Waals surface area contributed by atoms with Gasteiger partial charge in [-0.15, -0.1) is 0 Å². The van der Waals surface area contributed by atoms with Crippen molar-refractivity contribution in [2.24, 2.45) is 0 Å². The molecule has 0 saturated heterocycles. The van der Waals surface area contributed by atoms with Gasteiger partial charge in [0.15, 0.2) is 0 Å². The number of nitrogens with one attached hydrogen (secondary N) is 1. The summed E-state index contributed by atoms with van der Waals surface area (Å²) < 4.78 is 1.50. The Balaban J connectivity index is 1.64. The number of hydrogen-bond donors (Lipinski definition) is 2. The van der Waals surface area contributed by atoms with Crippen molar-refractivity contribution in [2.45, 2.75) is 58.0 Å². The van der Waals surface area contributed by atoms with Crippen molar-refractivity contribution in [3.05, 3.63) is 129 Å². The van der Waals surface area contributed by atoms with Crippen LogP contribution in [0.4, 0.5) is 0 Å². The predicted octanol–water partition coefficient (Wildman–Crippen LogP) is 7.13. The maximum Gasteiger partial charge on any atom is 0.305 e. The predicted molar refractivity (Wildman–Crippen MR) is 163 cm³/mol. The van der Waals surface area contributed by atoms with E-state index in [1.165, 1.54) is 4.57 Å². The summed E-state index contributed by atoms with van der Waals surface area (Å²) in [6.07, 6.45) is 3.79. The summed E-state index contributed by atoms with van der Waals surface area (Å²) in [6.45, 7) is 3.92. The molecule has 2 N–H and O–H groups in total. The highest BCUT2D eigenvalue weighted by Crippen LogP contribution is 2.25. The molecule has 1 heterocycles. The van der Waals surface area contributed by atoms with Gasteiger partial charge >= 0.3 is 5.97 Å². The SMILES string of the molecule is CCCC[C@H](C(=O)N[C@@H](CC(=O)O)c1ccc(-c2ccccc2)cc1)n1cc(C)cc(Cc2ccccc2Cl)c1=O. The number of carboxylic acids is 1. The fourth-order valence-corrected chi connectivity index (χ4v) is 5.25. The van der Waals surface area contributed by atoms with Crippen molar-refractivity contribution in [3.63, 3.8) is 0 Å². The normalized spacial score (nSPS) is 12.5. The Morgan fingerprint density at radius 1 is 0.927 bits per heavy atom. The Morgan fingerprint density at radius 3 is 2.24 bits per heavy atom. The topological polar surface area (TPSA) is 88.4 Å². The smallest absolute Gasteiger partial charge is 0.305 e. The lowest BCUT2D eigenvalue weighted by Crippen LogP contribution is -2.40. The van der Waals surface area contributed by atoms with E-state index >= 15 is 0 Å². The Kier molecular flexibility index (Phi) is 10.1. The quantitative estimate of drug-likeness (QED) is 0.190. The second kappa shape index (κ2) is 14.0. The van der Waals surface area contributed by atoms with E-state index in [4.69, 9.17) is 11.6 Å². The van der Waals surface area contributed by atoms with E-state index in [0.717, 1.165) is 35.1 Å². The number of aromatic nitrogens is 1. The van der Waals surface area contributed by atoms with E-state index in [-0.39, 0.29) is 17.9 Å². The molecule has 0 fully saturated rings. The molecule has 0 aliphatic heterocycles. The van der Waals surface area contributed by atoms with Gasteiger partial charge in [0.25, 0.3) is 5.56 Å². The first kappa shape index (κ1) is 29.8. The van der Waals surface area contributed by atoms with E-state index in [2.05, 4.69) is 5.32 Å². The van der Waals surface area contributed by atoms with Gasteiger partial charge in [0.1, 0.15) is 6.04 Å². The summed E-state index contributed by atoms with van der Waals surface area (Å²) >= 11 is 6.37. The van der Waals surface area contributed by atoms with Crippen LogP contribution in [0.15, 0.2) is 95.9 Å². The third-order valence-electron chi connectivity index (χ3n) is 7.18. The lowest BCUT2D eigenvalue weighted by molar-refractivity contribution is -0.137. The number of benzene rings is 3. The van der Waals surface area contributed by atoms with Crippen molar-refractivity contribution in [1.29, 1.82) is 0 Å². The number of nitrogens with zero attached hydrogens (tertiary/aromatic N) is 1. The van der Waals surface area contributed by atoms with Crippen LogP contribution in [0.25, 0.3) is 11.1 Å². The molecular formula is C34H35ClN2O4. The summed E-state index contributed by atoms with van der Waals surface area (Å²) in [5.41, 5.74) is 4.69. The second-order valence-corrected chi connectivity index (χ2v) is 10.7. The number of rotatable bonds is 12. The molecule has 0 spiro atoms. The molecule has 0 aliphatic carbocycles. The Hall–Kier alpha value is -4.16. The molecule has 41 heavy (non-hydrogen) atoms. The van der Waals surface area contributed by atoms with Crippen LogP contribution in [-0.2, 0) is 16.0 Å². The minimum absolute atomic E-state index is 0.256. The summed E-state index contributed by atoms with van der Waals surface area (Å²) in [7, 11) is 0. The first-order valence-corrected chi connectivity index (χ1v) is 14.3. The lowest BCUT2D eigenvalue weighted by atomic mass is 9.98. The zero-order valence-electron chi connectivity index (χ0n) is 23.3. The number of halogens is 1. The summed E-state index contributed by atoms with van der Waals surface area (Å²) in [4.78, 5) is 39.3. The molecule has 0 aliphatic rings. The van der Waals surface area contributed by atoms with Crippen molar-refractivity contribution in [1.82, 2.24) is 9.88 Å². The van der Waals surface area contributed by atoms with Crippen LogP contribution in [0.3, 0.4) is 0 Å². The van der Waals surface area contributed by atoms with E-state index in [1.807, 2.05) is 92.7 Å². The van der Waals surface area contributed by atoms with Crippen LogP contribution in [0, 0.1) is 6.92 Å². The number of carbonyl (C=O) groups excluding carboxylic acids is 1. The van der Waals surface area contributed by atoms with Gasteiger partial charge in [-0.2, -0.15) is 0 Å². The molecule has 6 nitrogen and oxygen atoms in total. The summed E-state index contributed by atoms with van der Waals surface area (Å²) in [5.74, 6) is -1.41.